The van der Waals surface area contributed by atoms with Gasteiger partial charge in [-0.05, 0) is 35.9 Å². The number of rotatable bonds is 7. The molecule has 7 nitrogen and oxygen atoms in total. The maximum Gasteiger partial charge on any atom is 0.322 e. The van der Waals surface area contributed by atoms with Crippen molar-refractivity contribution >= 4 is 0 Å². The van der Waals surface area contributed by atoms with Gasteiger partial charge in [0, 0.05) is 20.4 Å². The lowest BCUT2D eigenvalue weighted by atomic mass is 10.0. The van der Waals surface area contributed by atoms with Crippen molar-refractivity contribution in [1.29, 1.82) is 0 Å². The van der Waals surface area contributed by atoms with Crippen LogP contribution in [0.5, 0.6) is 11.8 Å². The van der Waals surface area contributed by atoms with Crippen LogP contribution in [0.25, 0.3) is 22.5 Å². The number of para-hydroxylation sites is 1. The predicted octanol–water partition coefficient (Wildman–Crippen LogP) is 3.89. The summed E-state index contributed by atoms with van der Waals surface area (Å²) in [5.41, 5.74) is 1.88. The van der Waals surface area contributed by atoms with Gasteiger partial charge in [0.25, 0.3) is 5.56 Å². The van der Waals surface area contributed by atoms with Crippen molar-refractivity contribution in [2.24, 2.45) is 7.05 Å². The molecule has 0 saturated heterocycles. The highest BCUT2D eigenvalue weighted by molar-refractivity contribution is 5.79. The summed E-state index contributed by atoms with van der Waals surface area (Å²) in [4.78, 5) is 21.9. The Morgan fingerprint density at radius 1 is 1.03 bits per heavy atom. The average Bonchev–Trinajstić information content (AvgIpc) is 3.04. The molecular formula is C23H21FN4O3. The van der Waals surface area contributed by atoms with Gasteiger partial charge in [0.15, 0.2) is 0 Å². The van der Waals surface area contributed by atoms with Crippen molar-refractivity contribution in [2.75, 3.05) is 13.7 Å². The van der Waals surface area contributed by atoms with Crippen LogP contribution in [0.15, 0.2) is 71.7 Å². The molecule has 31 heavy (non-hydrogen) atoms. The Bertz CT molecular complexity index is 1230. The van der Waals surface area contributed by atoms with Gasteiger partial charge in [-0.1, -0.05) is 30.3 Å². The first-order valence-corrected chi connectivity index (χ1v) is 9.69. The first-order chi connectivity index (χ1) is 15.1. The standard InChI is InChI=1S/C23H21FN4O3/c1-27-22(29)20(16-8-10-17(24)11-9-16)21(28(27)14-15-30-2)19-12-13-25-23(26-19)31-18-6-4-3-5-7-18/h3-13H,14-15H2,1-2H3. The van der Waals surface area contributed by atoms with E-state index in [0.717, 1.165) is 0 Å². The van der Waals surface area contributed by atoms with E-state index < -0.39 is 0 Å². The molecule has 2 heterocycles. The van der Waals surface area contributed by atoms with E-state index in [4.69, 9.17) is 9.47 Å². The van der Waals surface area contributed by atoms with Crippen molar-refractivity contribution in [1.82, 2.24) is 19.3 Å². The Morgan fingerprint density at radius 3 is 2.48 bits per heavy atom. The number of hydrogen-bond donors (Lipinski definition) is 0. The van der Waals surface area contributed by atoms with E-state index in [9.17, 15) is 9.18 Å². The van der Waals surface area contributed by atoms with Gasteiger partial charge < -0.3 is 9.47 Å². The molecule has 0 saturated carbocycles. The minimum absolute atomic E-state index is 0.156. The molecule has 4 aromatic rings. The summed E-state index contributed by atoms with van der Waals surface area (Å²) in [6.45, 7) is 0.827. The summed E-state index contributed by atoms with van der Waals surface area (Å²) in [5.74, 6) is 0.227. The molecule has 0 atom stereocenters. The van der Waals surface area contributed by atoms with Crippen molar-refractivity contribution in [3.8, 4) is 34.3 Å². The highest BCUT2D eigenvalue weighted by atomic mass is 19.1. The van der Waals surface area contributed by atoms with Gasteiger partial charge in [-0.15, -0.1) is 0 Å². The van der Waals surface area contributed by atoms with Crippen LogP contribution in [0.2, 0.25) is 0 Å². The summed E-state index contributed by atoms with van der Waals surface area (Å²) in [6.07, 6.45) is 1.58. The molecule has 0 aliphatic heterocycles. The smallest absolute Gasteiger partial charge is 0.322 e. The van der Waals surface area contributed by atoms with Gasteiger partial charge >= 0.3 is 6.01 Å². The predicted molar refractivity (Wildman–Crippen MR) is 114 cm³/mol. The van der Waals surface area contributed by atoms with E-state index >= 15 is 0 Å². The Labute approximate surface area is 178 Å². The molecule has 0 bridgehead atoms. The normalized spacial score (nSPS) is 10.9. The van der Waals surface area contributed by atoms with E-state index in [1.54, 1.807) is 55.4 Å². The van der Waals surface area contributed by atoms with Crippen LogP contribution < -0.4 is 10.3 Å². The van der Waals surface area contributed by atoms with Gasteiger partial charge in [0.2, 0.25) is 0 Å². The Kier molecular flexibility index (Phi) is 5.90. The van der Waals surface area contributed by atoms with E-state index in [1.165, 1.54) is 16.8 Å². The number of ether oxygens (including phenoxy) is 2. The Morgan fingerprint density at radius 2 is 1.77 bits per heavy atom. The second kappa shape index (κ2) is 8.93. The fourth-order valence-corrected chi connectivity index (χ4v) is 3.34. The maximum absolute atomic E-state index is 13.5. The lowest BCUT2D eigenvalue weighted by Gasteiger charge is -2.13. The molecule has 0 amide bonds. The van der Waals surface area contributed by atoms with E-state index in [1.807, 2.05) is 18.2 Å². The number of methoxy groups -OCH3 is 1. The third-order valence-electron chi connectivity index (χ3n) is 4.83. The third-order valence-corrected chi connectivity index (χ3v) is 4.83. The average molecular weight is 420 g/mol. The first kappa shape index (κ1) is 20.5. The molecule has 4 rings (SSSR count). The molecule has 2 aromatic heterocycles. The monoisotopic (exact) mass is 420 g/mol. The van der Waals surface area contributed by atoms with Crippen LogP contribution in [0.1, 0.15) is 0 Å². The maximum atomic E-state index is 13.5. The molecule has 0 N–H and O–H groups in total. The molecule has 0 spiro atoms. The fraction of sp³-hybridized carbons (Fsp3) is 0.174. The second-order valence-corrected chi connectivity index (χ2v) is 6.81. The molecule has 0 aliphatic rings. The van der Waals surface area contributed by atoms with Gasteiger partial charge in [-0.3, -0.25) is 14.2 Å². The summed E-state index contributed by atoms with van der Waals surface area (Å²) in [5, 5.41) is 0. The first-order valence-electron chi connectivity index (χ1n) is 9.69. The SMILES string of the molecule is COCCn1c(-c2ccnc(Oc3ccccc3)n2)c(-c2ccc(F)cc2)c(=O)n1C. The molecule has 0 fully saturated rings. The van der Waals surface area contributed by atoms with Crippen LogP contribution in [-0.2, 0) is 18.3 Å². The van der Waals surface area contributed by atoms with Gasteiger partial charge in [0.1, 0.15) is 11.6 Å². The highest BCUT2D eigenvalue weighted by Gasteiger charge is 2.22. The number of nitrogens with zero attached hydrogens (tertiary/aromatic N) is 4. The zero-order valence-corrected chi connectivity index (χ0v) is 17.2. The molecule has 0 radical (unpaired) electrons. The third kappa shape index (κ3) is 4.24. The number of halogens is 1. The van der Waals surface area contributed by atoms with Crippen molar-refractivity contribution < 1.29 is 13.9 Å². The lowest BCUT2D eigenvalue weighted by Crippen LogP contribution is -2.21. The quantitative estimate of drug-likeness (QED) is 0.454. The molecule has 0 aliphatic carbocycles. The number of aromatic nitrogens is 4. The van der Waals surface area contributed by atoms with Crippen LogP contribution in [0.4, 0.5) is 4.39 Å². The molecule has 8 heteroatoms. The molecule has 2 aromatic carbocycles. The molecule has 0 unspecified atom stereocenters. The largest absolute Gasteiger partial charge is 0.424 e. The zero-order valence-electron chi connectivity index (χ0n) is 17.2. The topological polar surface area (TPSA) is 71.2 Å². The molecular weight excluding hydrogens is 399 g/mol. The van der Waals surface area contributed by atoms with E-state index in [2.05, 4.69) is 9.97 Å². The number of hydrogen-bond acceptors (Lipinski definition) is 5. The number of benzene rings is 2. The minimum Gasteiger partial charge on any atom is -0.424 e. The Balaban J connectivity index is 1.86. The van der Waals surface area contributed by atoms with Gasteiger partial charge in [-0.2, -0.15) is 4.98 Å². The summed E-state index contributed by atoms with van der Waals surface area (Å²) >= 11 is 0. The van der Waals surface area contributed by atoms with Crippen LogP contribution in [0.3, 0.4) is 0 Å². The van der Waals surface area contributed by atoms with Crippen LogP contribution in [0, 0.1) is 5.82 Å². The van der Waals surface area contributed by atoms with E-state index in [-0.39, 0.29) is 17.4 Å². The highest BCUT2D eigenvalue weighted by Crippen LogP contribution is 2.30. The van der Waals surface area contributed by atoms with Crippen molar-refractivity contribution in [3.63, 3.8) is 0 Å². The Hall–Kier alpha value is -3.78. The van der Waals surface area contributed by atoms with Gasteiger partial charge in [-0.25, -0.2) is 9.37 Å². The van der Waals surface area contributed by atoms with Crippen LogP contribution in [-0.4, -0.2) is 33.0 Å². The van der Waals surface area contributed by atoms with Crippen molar-refractivity contribution in [3.05, 3.63) is 83.0 Å². The lowest BCUT2D eigenvalue weighted by molar-refractivity contribution is 0.179. The summed E-state index contributed by atoms with van der Waals surface area (Å²) < 4.78 is 27.8. The fourth-order valence-electron chi connectivity index (χ4n) is 3.34. The van der Waals surface area contributed by atoms with Crippen LogP contribution >= 0.6 is 0 Å². The molecule has 158 valence electrons. The summed E-state index contributed by atoms with van der Waals surface area (Å²) in [6, 6.07) is 16.9. The summed E-state index contributed by atoms with van der Waals surface area (Å²) in [7, 11) is 3.27. The second-order valence-electron chi connectivity index (χ2n) is 6.81. The van der Waals surface area contributed by atoms with Crippen molar-refractivity contribution in [2.45, 2.75) is 6.54 Å². The zero-order chi connectivity index (χ0) is 21.8. The van der Waals surface area contributed by atoms with E-state index in [0.29, 0.717) is 41.4 Å². The van der Waals surface area contributed by atoms with Gasteiger partial charge in [0.05, 0.1) is 30.1 Å². The minimum atomic E-state index is -0.374.